The Bertz CT molecular complexity index is 630. The Morgan fingerprint density at radius 2 is 1.58 bits per heavy atom. The van der Waals surface area contributed by atoms with Crippen LogP contribution in [0.15, 0.2) is 54.6 Å². The summed E-state index contributed by atoms with van der Waals surface area (Å²) in [6, 6.07) is 21.7. The molecule has 0 aliphatic carbocycles. The molecule has 19 heavy (non-hydrogen) atoms. The zero-order chi connectivity index (χ0) is 13.7. The van der Waals surface area contributed by atoms with Crippen LogP contribution in [0.25, 0.3) is 0 Å². The Morgan fingerprint density at radius 1 is 0.947 bits per heavy atom. The van der Waals surface area contributed by atoms with Crippen LogP contribution in [0.4, 0.5) is 0 Å². The Hall–Kier alpha value is -2.58. The molecule has 0 saturated heterocycles. The Kier molecular flexibility index (Phi) is 3.64. The van der Waals surface area contributed by atoms with Crippen LogP contribution in [-0.4, -0.2) is 0 Å². The average Bonchev–Trinajstić information content (AvgIpc) is 2.49. The first-order chi connectivity index (χ1) is 9.18. The van der Waals surface area contributed by atoms with E-state index in [1.54, 1.807) is 12.1 Å². The molecule has 0 saturated carbocycles. The predicted octanol–water partition coefficient (Wildman–Crippen LogP) is 3.58. The second kappa shape index (κ2) is 5.38. The highest BCUT2D eigenvalue weighted by molar-refractivity contribution is 5.37. The van der Waals surface area contributed by atoms with Crippen LogP contribution in [0.3, 0.4) is 0 Å². The van der Waals surface area contributed by atoms with E-state index in [2.05, 4.69) is 12.1 Å². The van der Waals surface area contributed by atoms with Crippen molar-refractivity contribution >= 4 is 0 Å². The fourth-order valence-corrected chi connectivity index (χ4v) is 2.12. The van der Waals surface area contributed by atoms with E-state index in [-0.39, 0.29) is 0 Å². The first-order valence-electron chi connectivity index (χ1n) is 6.14. The van der Waals surface area contributed by atoms with Crippen molar-refractivity contribution in [2.45, 2.75) is 18.8 Å². The van der Waals surface area contributed by atoms with Gasteiger partial charge in [0.1, 0.15) is 0 Å². The summed E-state index contributed by atoms with van der Waals surface area (Å²) in [5, 5.41) is 18.3. The molecule has 0 aromatic heterocycles. The summed E-state index contributed by atoms with van der Waals surface area (Å²) in [7, 11) is 0. The Labute approximate surface area is 113 Å². The molecule has 2 aromatic rings. The molecule has 0 N–H and O–H groups in total. The Balaban J connectivity index is 2.29. The Morgan fingerprint density at radius 3 is 2.11 bits per heavy atom. The van der Waals surface area contributed by atoms with E-state index >= 15 is 0 Å². The molecule has 2 rings (SSSR count). The van der Waals surface area contributed by atoms with Gasteiger partial charge in [-0.2, -0.15) is 10.5 Å². The second-order valence-electron chi connectivity index (χ2n) is 4.80. The van der Waals surface area contributed by atoms with Crippen molar-refractivity contribution in [2.75, 3.05) is 0 Å². The molecule has 92 valence electrons. The smallest absolute Gasteiger partial charge is 0.0991 e. The van der Waals surface area contributed by atoms with Gasteiger partial charge in [-0.1, -0.05) is 42.5 Å². The predicted molar refractivity (Wildman–Crippen MR) is 74.3 cm³/mol. The van der Waals surface area contributed by atoms with E-state index in [0.717, 1.165) is 11.1 Å². The summed E-state index contributed by atoms with van der Waals surface area (Å²) in [6.07, 6.45) is 0.638. The quantitative estimate of drug-likeness (QED) is 0.831. The lowest BCUT2D eigenvalue weighted by Gasteiger charge is -2.22. The highest BCUT2D eigenvalue weighted by Crippen LogP contribution is 2.27. The first-order valence-corrected chi connectivity index (χ1v) is 6.14. The SMILES string of the molecule is CC(C#N)(Cc1ccc(C#N)cc1)c1ccccc1. The maximum Gasteiger partial charge on any atom is 0.0991 e. The van der Waals surface area contributed by atoms with Crippen LogP contribution < -0.4 is 0 Å². The van der Waals surface area contributed by atoms with Gasteiger partial charge in [0.2, 0.25) is 0 Å². The zero-order valence-corrected chi connectivity index (χ0v) is 10.8. The molecule has 0 aliphatic rings. The van der Waals surface area contributed by atoms with Crippen LogP contribution in [0, 0.1) is 22.7 Å². The molecule has 1 atom stereocenters. The minimum atomic E-state index is -0.546. The molecule has 0 fully saturated rings. The van der Waals surface area contributed by atoms with Crippen molar-refractivity contribution in [3.63, 3.8) is 0 Å². The average molecular weight is 246 g/mol. The van der Waals surface area contributed by atoms with Crippen LogP contribution in [0.5, 0.6) is 0 Å². The summed E-state index contributed by atoms with van der Waals surface area (Å²) in [5.41, 5.74) is 2.17. The van der Waals surface area contributed by atoms with Crippen LogP contribution in [-0.2, 0) is 11.8 Å². The van der Waals surface area contributed by atoms with E-state index in [0.29, 0.717) is 12.0 Å². The largest absolute Gasteiger partial charge is 0.197 e. The molecule has 0 aliphatic heterocycles. The number of rotatable bonds is 3. The number of hydrogen-bond donors (Lipinski definition) is 0. The number of nitrogens with zero attached hydrogens (tertiary/aromatic N) is 2. The van der Waals surface area contributed by atoms with Crippen molar-refractivity contribution in [2.24, 2.45) is 0 Å². The summed E-state index contributed by atoms with van der Waals surface area (Å²) in [4.78, 5) is 0. The molecule has 2 nitrogen and oxygen atoms in total. The van der Waals surface area contributed by atoms with Gasteiger partial charge >= 0.3 is 0 Å². The van der Waals surface area contributed by atoms with Crippen LogP contribution in [0.1, 0.15) is 23.6 Å². The third-order valence-electron chi connectivity index (χ3n) is 3.30. The first kappa shape index (κ1) is 12.9. The van der Waals surface area contributed by atoms with Crippen molar-refractivity contribution < 1.29 is 0 Å². The highest BCUT2D eigenvalue weighted by Gasteiger charge is 2.26. The molecular weight excluding hydrogens is 232 g/mol. The second-order valence-corrected chi connectivity index (χ2v) is 4.80. The number of nitriles is 2. The zero-order valence-electron chi connectivity index (χ0n) is 10.8. The van der Waals surface area contributed by atoms with E-state index < -0.39 is 5.41 Å². The fourth-order valence-electron chi connectivity index (χ4n) is 2.12. The van der Waals surface area contributed by atoms with Crippen molar-refractivity contribution in [1.29, 1.82) is 10.5 Å². The summed E-state index contributed by atoms with van der Waals surface area (Å²) in [6.45, 7) is 1.94. The van der Waals surface area contributed by atoms with Crippen molar-refractivity contribution in [3.8, 4) is 12.1 Å². The summed E-state index contributed by atoms with van der Waals surface area (Å²) < 4.78 is 0. The molecular formula is C17H14N2. The minimum absolute atomic E-state index is 0.546. The van der Waals surface area contributed by atoms with Crippen LogP contribution in [0.2, 0.25) is 0 Å². The normalized spacial score (nSPS) is 13.0. The third-order valence-corrected chi connectivity index (χ3v) is 3.30. The lowest BCUT2D eigenvalue weighted by molar-refractivity contribution is 0.606. The lowest BCUT2D eigenvalue weighted by Crippen LogP contribution is -2.22. The van der Waals surface area contributed by atoms with Gasteiger partial charge in [0.25, 0.3) is 0 Å². The molecule has 1 unspecified atom stereocenters. The van der Waals surface area contributed by atoms with E-state index in [1.807, 2.05) is 49.4 Å². The van der Waals surface area contributed by atoms with Gasteiger partial charge in [-0.15, -0.1) is 0 Å². The van der Waals surface area contributed by atoms with Gasteiger partial charge in [0.15, 0.2) is 0 Å². The van der Waals surface area contributed by atoms with Crippen molar-refractivity contribution in [1.82, 2.24) is 0 Å². The summed E-state index contributed by atoms with van der Waals surface area (Å²) in [5.74, 6) is 0. The fraction of sp³-hybridized carbons (Fsp3) is 0.176. The minimum Gasteiger partial charge on any atom is -0.197 e. The van der Waals surface area contributed by atoms with Gasteiger partial charge in [-0.3, -0.25) is 0 Å². The lowest BCUT2D eigenvalue weighted by atomic mass is 9.78. The van der Waals surface area contributed by atoms with E-state index in [1.165, 1.54) is 0 Å². The molecule has 0 bridgehead atoms. The standard InChI is InChI=1S/C17H14N2/c1-17(13-19,16-5-3-2-4-6-16)11-14-7-9-15(12-18)10-8-14/h2-10H,11H2,1H3. The summed E-state index contributed by atoms with van der Waals surface area (Å²) >= 11 is 0. The monoisotopic (exact) mass is 246 g/mol. The maximum absolute atomic E-state index is 9.50. The van der Waals surface area contributed by atoms with Crippen LogP contribution >= 0.6 is 0 Å². The van der Waals surface area contributed by atoms with Gasteiger partial charge in [-0.25, -0.2) is 0 Å². The van der Waals surface area contributed by atoms with Gasteiger partial charge in [0.05, 0.1) is 23.1 Å². The molecule has 0 radical (unpaired) electrons. The molecule has 0 spiro atoms. The molecule has 0 amide bonds. The molecule has 2 aromatic carbocycles. The highest BCUT2D eigenvalue weighted by atomic mass is 14.4. The maximum atomic E-state index is 9.50. The van der Waals surface area contributed by atoms with Gasteiger partial charge in [-0.05, 0) is 36.6 Å². The van der Waals surface area contributed by atoms with E-state index in [4.69, 9.17) is 5.26 Å². The van der Waals surface area contributed by atoms with Gasteiger partial charge < -0.3 is 0 Å². The molecule has 2 heteroatoms. The van der Waals surface area contributed by atoms with Crippen molar-refractivity contribution in [3.05, 3.63) is 71.3 Å². The third kappa shape index (κ3) is 2.81. The number of benzene rings is 2. The topological polar surface area (TPSA) is 47.6 Å². The van der Waals surface area contributed by atoms with Gasteiger partial charge in [0, 0.05) is 0 Å². The number of hydrogen-bond acceptors (Lipinski definition) is 2. The van der Waals surface area contributed by atoms with E-state index in [9.17, 15) is 5.26 Å². The molecule has 0 heterocycles.